The van der Waals surface area contributed by atoms with Crippen LogP contribution in [0, 0.1) is 6.92 Å². The van der Waals surface area contributed by atoms with Gasteiger partial charge in [-0.1, -0.05) is 29.8 Å². The van der Waals surface area contributed by atoms with E-state index in [2.05, 4.69) is 0 Å². The molecule has 1 heterocycles. The van der Waals surface area contributed by atoms with E-state index in [1.807, 2.05) is 61.7 Å². The molecule has 0 spiro atoms. The maximum Gasteiger partial charge on any atom is 0.157 e. The minimum absolute atomic E-state index is 0.732. The van der Waals surface area contributed by atoms with E-state index in [0.717, 1.165) is 26.4 Å². The zero-order valence-corrected chi connectivity index (χ0v) is 11.9. The third-order valence-electron chi connectivity index (χ3n) is 3.16. The molecule has 0 saturated carbocycles. The van der Waals surface area contributed by atoms with Crippen LogP contribution in [0.5, 0.6) is 0 Å². The van der Waals surface area contributed by atoms with Crippen LogP contribution in [0.3, 0.4) is 0 Å². The van der Waals surface area contributed by atoms with Gasteiger partial charge in [-0.3, -0.25) is 3.97 Å². The van der Waals surface area contributed by atoms with Gasteiger partial charge in [-0.2, -0.15) is 0 Å². The molecule has 0 radical (unpaired) electrons. The van der Waals surface area contributed by atoms with Crippen LogP contribution in [-0.4, -0.2) is 8.18 Å². The van der Waals surface area contributed by atoms with Gasteiger partial charge in [0.25, 0.3) is 0 Å². The Morgan fingerprint density at radius 1 is 1.05 bits per heavy atom. The number of fused-ring (bicyclic) bond motifs is 1. The number of benzene rings is 2. The molecule has 1 unspecified atom stereocenters. The first-order chi connectivity index (χ1) is 9.18. The van der Waals surface area contributed by atoms with Crippen molar-refractivity contribution in [2.24, 2.45) is 0 Å². The topological polar surface area (TPSA) is 22.0 Å². The predicted molar refractivity (Wildman–Crippen MR) is 79.9 cm³/mol. The molecule has 1 aromatic heterocycles. The monoisotopic (exact) mass is 289 g/mol. The lowest BCUT2D eigenvalue weighted by Gasteiger charge is -2.06. The Morgan fingerprint density at radius 2 is 1.79 bits per heavy atom. The van der Waals surface area contributed by atoms with Crippen LogP contribution >= 0.6 is 11.6 Å². The van der Waals surface area contributed by atoms with Crippen molar-refractivity contribution in [3.63, 3.8) is 0 Å². The Balaban J connectivity index is 2.17. The van der Waals surface area contributed by atoms with E-state index in [1.165, 1.54) is 0 Å². The van der Waals surface area contributed by atoms with Crippen LogP contribution in [0.4, 0.5) is 0 Å². The second kappa shape index (κ2) is 4.83. The number of rotatable bonds is 2. The fourth-order valence-electron chi connectivity index (χ4n) is 2.11. The van der Waals surface area contributed by atoms with Gasteiger partial charge in [0.15, 0.2) is 11.0 Å². The lowest BCUT2D eigenvalue weighted by Crippen LogP contribution is -2.03. The molecule has 0 saturated heterocycles. The Kier molecular flexibility index (Phi) is 3.17. The van der Waals surface area contributed by atoms with Gasteiger partial charge in [-0.05, 0) is 42.8 Å². The Labute approximate surface area is 119 Å². The summed E-state index contributed by atoms with van der Waals surface area (Å²) in [6, 6.07) is 15.1. The minimum Gasteiger partial charge on any atom is -0.263 e. The molecule has 0 aliphatic carbocycles. The maximum absolute atomic E-state index is 12.6. The van der Waals surface area contributed by atoms with Crippen molar-refractivity contribution < 1.29 is 4.21 Å². The number of hydrogen-bond donors (Lipinski definition) is 0. The van der Waals surface area contributed by atoms with Gasteiger partial charge < -0.3 is 0 Å². The lowest BCUT2D eigenvalue weighted by atomic mass is 10.1. The van der Waals surface area contributed by atoms with Crippen molar-refractivity contribution in [1.82, 2.24) is 3.97 Å². The third kappa shape index (κ3) is 2.09. The van der Waals surface area contributed by atoms with Gasteiger partial charge in [0.1, 0.15) is 0 Å². The molecule has 0 bridgehead atoms. The molecule has 3 rings (SSSR count). The predicted octanol–water partition coefficient (Wildman–Crippen LogP) is 4.17. The molecular weight excluding hydrogens is 278 g/mol. The molecule has 2 nitrogen and oxygen atoms in total. The number of hydrogen-bond acceptors (Lipinski definition) is 1. The van der Waals surface area contributed by atoms with E-state index in [-0.39, 0.29) is 0 Å². The van der Waals surface area contributed by atoms with Gasteiger partial charge >= 0.3 is 0 Å². The lowest BCUT2D eigenvalue weighted by molar-refractivity contribution is 0.678. The van der Waals surface area contributed by atoms with Crippen LogP contribution in [0.1, 0.15) is 5.56 Å². The van der Waals surface area contributed by atoms with Crippen LogP contribution in [0.2, 0.25) is 5.02 Å². The molecule has 0 fully saturated rings. The third-order valence-corrected chi connectivity index (χ3v) is 4.92. The van der Waals surface area contributed by atoms with E-state index >= 15 is 0 Å². The van der Waals surface area contributed by atoms with E-state index in [4.69, 9.17) is 11.6 Å². The summed E-state index contributed by atoms with van der Waals surface area (Å²) in [5, 5.41) is 1.77. The summed E-state index contributed by atoms with van der Waals surface area (Å²) in [7, 11) is -1.23. The Hall–Kier alpha value is -1.58. The SMILES string of the molecule is Cc1c(Cl)ccc2c1ccn2S(=O)c1ccccc1. The molecule has 0 aliphatic heterocycles. The van der Waals surface area contributed by atoms with E-state index < -0.39 is 11.0 Å². The highest BCUT2D eigenvalue weighted by atomic mass is 35.5. The normalized spacial score (nSPS) is 12.7. The summed E-state index contributed by atoms with van der Waals surface area (Å²) < 4.78 is 14.3. The van der Waals surface area contributed by atoms with Gasteiger partial charge in [0.05, 0.1) is 10.4 Å². The summed E-state index contributed by atoms with van der Waals surface area (Å²) in [5.41, 5.74) is 1.95. The first-order valence-corrected chi connectivity index (χ1v) is 7.40. The highest BCUT2D eigenvalue weighted by molar-refractivity contribution is 7.83. The van der Waals surface area contributed by atoms with Gasteiger partial charge in [0, 0.05) is 16.6 Å². The number of aryl methyl sites for hydroxylation is 1. The van der Waals surface area contributed by atoms with Crippen LogP contribution in [0.15, 0.2) is 59.6 Å². The average Bonchev–Trinajstić information content (AvgIpc) is 2.87. The van der Waals surface area contributed by atoms with Crippen molar-refractivity contribution >= 4 is 33.5 Å². The zero-order chi connectivity index (χ0) is 13.4. The maximum atomic E-state index is 12.6. The summed E-state index contributed by atoms with van der Waals surface area (Å²) >= 11 is 6.11. The number of nitrogens with zero attached hydrogens (tertiary/aromatic N) is 1. The van der Waals surface area contributed by atoms with Crippen molar-refractivity contribution in [1.29, 1.82) is 0 Å². The van der Waals surface area contributed by atoms with Gasteiger partial charge in [-0.25, -0.2) is 4.21 Å². The van der Waals surface area contributed by atoms with Crippen LogP contribution < -0.4 is 0 Å². The van der Waals surface area contributed by atoms with Gasteiger partial charge in [0.2, 0.25) is 0 Å². The first-order valence-electron chi connectivity index (χ1n) is 5.92. The van der Waals surface area contributed by atoms with Crippen molar-refractivity contribution in [2.75, 3.05) is 0 Å². The van der Waals surface area contributed by atoms with E-state index in [1.54, 1.807) is 3.97 Å². The van der Waals surface area contributed by atoms with Crippen molar-refractivity contribution in [3.8, 4) is 0 Å². The van der Waals surface area contributed by atoms with Crippen molar-refractivity contribution in [3.05, 3.63) is 65.3 Å². The smallest absolute Gasteiger partial charge is 0.157 e. The molecule has 0 N–H and O–H groups in total. The molecule has 1 atom stereocenters. The zero-order valence-electron chi connectivity index (χ0n) is 10.3. The van der Waals surface area contributed by atoms with E-state index in [9.17, 15) is 4.21 Å². The highest BCUT2D eigenvalue weighted by Gasteiger charge is 2.11. The largest absolute Gasteiger partial charge is 0.263 e. The molecule has 2 aromatic carbocycles. The van der Waals surface area contributed by atoms with Crippen LogP contribution in [-0.2, 0) is 11.0 Å². The van der Waals surface area contributed by atoms with E-state index in [0.29, 0.717) is 0 Å². The van der Waals surface area contributed by atoms with Gasteiger partial charge in [-0.15, -0.1) is 0 Å². The molecule has 4 heteroatoms. The van der Waals surface area contributed by atoms with Crippen LogP contribution in [0.25, 0.3) is 10.9 Å². The number of halogens is 1. The Bertz CT molecular complexity index is 764. The Morgan fingerprint density at radius 3 is 2.53 bits per heavy atom. The highest BCUT2D eigenvalue weighted by Crippen LogP contribution is 2.27. The fraction of sp³-hybridized carbons (Fsp3) is 0.0667. The fourth-order valence-corrected chi connectivity index (χ4v) is 3.40. The summed E-state index contributed by atoms with van der Waals surface area (Å²) in [6.07, 6.45) is 1.84. The van der Waals surface area contributed by atoms with Crippen molar-refractivity contribution in [2.45, 2.75) is 11.8 Å². The number of aromatic nitrogens is 1. The summed E-state index contributed by atoms with van der Waals surface area (Å²) in [5.74, 6) is 0. The quantitative estimate of drug-likeness (QED) is 0.694. The molecule has 3 aromatic rings. The molecule has 19 heavy (non-hydrogen) atoms. The summed E-state index contributed by atoms with van der Waals surface area (Å²) in [6.45, 7) is 1.97. The molecular formula is C15H12ClNOS. The standard InChI is InChI=1S/C15H12ClNOS/c1-11-13-9-10-17(15(13)8-7-14(11)16)19(18)12-5-3-2-4-6-12/h2-10H,1H3. The molecule has 0 amide bonds. The first kappa shape index (κ1) is 12.5. The average molecular weight is 290 g/mol. The molecule has 0 aliphatic rings. The summed E-state index contributed by atoms with van der Waals surface area (Å²) in [4.78, 5) is 0.785. The molecule has 96 valence electrons. The second-order valence-electron chi connectivity index (χ2n) is 4.31. The minimum atomic E-state index is -1.23. The second-order valence-corrected chi connectivity index (χ2v) is 6.08.